The van der Waals surface area contributed by atoms with E-state index in [2.05, 4.69) is 30.5 Å². The number of aromatic amines is 1. The molecule has 0 spiro atoms. The number of ether oxygens (including phenoxy) is 1. The van der Waals surface area contributed by atoms with Crippen molar-refractivity contribution in [1.29, 1.82) is 0 Å². The lowest BCUT2D eigenvalue weighted by molar-refractivity contribution is 0.416. The van der Waals surface area contributed by atoms with E-state index in [1.807, 2.05) is 42.6 Å². The van der Waals surface area contributed by atoms with Gasteiger partial charge in [-0.3, -0.25) is 5.10 Å². The molecule has 3 aromatic heterocycles. The Hall–Kier alpha value is -3.26. The highest BCUT2D eigenvalue weighted by Gasteiger charge is 2.16. The summed E-state index contributed by atoms with van der Waals surface area (Å²) in [6.45, 7) is 1.92. The van der Waals surface area contributed by atoms with Gasteiger partial charge in [-0.1, -0.05) is 12.1 Å². The van der Waals surface area contributed by atoms with E-state index in [4.69, 9.17) is 4.74 Å². The van der Waals surface area contributed by atoms with Gasteiger partial charge in [0.2, 0.25) is 5.95 Å². The van der Waals surface area contributed by atoms with Crippen LogP contribution in [0, 0.1) is 6.92 Å². The minimum absolute atomic E-state index is 0.531. The SMILES string of the molecule is COc1ccccc1-c1[nH]ncc1-c1csc(Nc2nccc(C)n2)n1. The summed E-state index contributed by atoms with van der Waals surface area (Å²) in [6, 6.07) is 9.66. The summed E-state index contributed by atoms with van der Waals surface area (Å²) in [7, 11) is 1.65. The Labute approximate surface area is 154 Å². The molecule has 7 nitrogen and oxygen atoms in total. The van der Waals surface area contributed by atoms with Gasteiger partial charge in [0.05, 0.1) is 24.7 Å². The molecule has 1 aromatic carbocycles. The van der Waals surface area contributed by atoms with Crippen LogP contribution in [0.3, 0.4) is 0 Å². The minimum Gasteiger partial charge on any atom is -0.496 e. The number of hydrogen-bond donors (Lipinski definition) is 2. The van der Waals surface area contributed by atoms with Gasteiger partial charge in [-0.05, 0) is 25.1 Å². The van der Waals surface area contributed by atoms with Crippen LogP contribution >= 0.6 is 11.3 Å². The van der Waals surface area contributed by atoms with E-state index in [1.54, 1.807) is 19.5 Å². The first kappa shape index (κ1) is 16.2. The Balaban J connectivity index is 1.66. The molecular weight excluding hydrogens is 348 g/mol. The predicted molar refractivity (Wildman–Crippen MR) is 102 cm³/mol. The number of para-hydroxylation sites is 1. The number of aryl methyl sites for hydroxylation is 1. The number of anilines is 2. The van der Waals surface area contributed by atoms with Gasteiger partial charge in [-0.25, -0.2) is 15.0 Å². The molecule has 0 radical (unpaired) electrons. The maximum Gasteiger partial charge on any atom is 0.229 e. The van der Waals surface area contributed by atoms with Gasteiger partial charge in [-0.15, -0.1) is 11.3 Å². The first-order chi connectivity index (χ1) is 12.7. The molecule has 3 heterocycles. The predicted octanol–water partition coefficient (Wildman–Crippen LogP) is 4.05. The van der Waals surface area contributed by atoms with E-state index in [9.17, 15) is 0 Å². The average molecular weight is 364 g/mol. The summed E-state index contributed by atoms with van der Waals surface area (Å²) in [5, 5.41) is 13.1. The van der Waals surface area contributed by atoms with Crippen molar-refractivity contribution in [2.75, 3.05) is 12.4 Å². The van der Waals surface area contributed by atoms with Gasteiger partial charge in [0.1, 0.15) is 5.75 Å². The van der Waals surface area contributed by atoms with Crippen molar-refractivity contribution in [2.24, 2.45) is 0 Å². The van der Waals surface area contributed by atoms with E-state index >= 15 is 0 Å². The second-order valence-corrected chi connectivity index (χ2v) is 6.40. The van der Waals surface area contributed by atoms with Crippen LogP contribution in [-0.4, -0.2) is 32.3 Å². The fourth-order valence-electron chi connectivity index (χ4n) is 2.60. The van der Waals surface area contributed by atoms with E-state index < -0.39 is 0 Å². The number of methoxy groups -OCH3 is 1. The van der Waals surface area contributed by atoms with Crippen LogP contribution in [0.1, 0.15) is 5.69 Å². The molecule has 0 saturated carbocycles. The molecule has 0 atom stereocenters. The molecule has 0 amide bonds. The highest BCUT2D eigenvalue weighted by molar-refractivity contribution is 7.14. The van der Waals surface area contributed by atoms with Crippen molar-refractivity contribution in [3.05, 3.63) is 53.8 Å². The average Bonchev–Trinajstić information content (AvgIpc) is 3.30. The molecular formula is C18H16N6OS. The largest absolute Gasteiger partial charge is 0.496 e. The Bertz CT molecular complexity index is 1040. The van der Waals surface area contributed by atoms with Crippen LogP contribution in [0.2, 0.25) is 0 Å². The Kier molecular flexibility index (Phi) is 4.32. The van der Waals surface area contributed by atoms with Crippen molar-refractivity contribution in [3.8, 4) is 28.3 Å². The van der Waals surface area contributed by atoms with Gasteiger partial charge in [0.15, 0.2) is 5.13 Å². The lowest BCUT2D eigenvalue weighted by Crippen LogP contribution is -1.97. The molecule has 4 rings (SSSR count). The van der Waals surface area contributed by atoms with Crippen molar-refractivity contribution in [2.45, 2.75) is 6.92 Å². The summed E-state index contributed by atoms with van der Waals surface area (Å²) in [4.78, 5) is 13.2. The lowest BCUT2D eigenvalue weighted by atomic mass is 10.1. The van der Waals surface area contributed by atoms with Crippen LogP contribution in [0.15, 0.2) is 48.1 Å². The molecule has 0 aliphatic heterocycles. The number of benzene rings is 1. The molecule has 130 valence electrons. The Morgan fingerprint density at radius 3 is 2.85 bits per heavy atom. The summed E-state index contributed by atoms with van der Waals surface area (Å²) < 4.78 is 5.46. The molecule has 4 aromatic rings. The molecule has 0 aliphatic carbocycles. The Morgan fingerprint density at radius 1 is 1.12 bits per heavy atom. The second kappa shape index (κ2) is 6.93. The van der Waals surface area contributed by atoms with E-state index in [0.717, 1.165) is 39.1 Å². The standard InChI is InChI=1S/C18H16N6OS/c1-11-7-8-19-17(21-11)23-18-22-14(10-26-18)13-9-20-24-16(13)12-5-3-4-6-15(12)25-2/h3-10H,1-2H3,(H,20,24)(H,19,21,22,23). The molecule has 8 heteroatoms. The first-order valence-corrected chi connectivity index (χ1v) is 8.82. The number of nitrogens with zero attached hydrogens (tertiary/aromatic N) is 4. The van der Waals surface area contributed by atoms with Crippen LogP contribution in [0.4, 0.5) is 11.1 Å². The van der Waals surface area contributed by atoms with Gasteiger partial charge in [0, 0.05) is 28.4 Å². The van der Waals surface area contributed by atoms with Crippen LogP contribution in [-0.2, 0) is 0 Å². The molecule has 26 heavy (non-hydrogen) atoms. The molecule has 0 saturated heterocycles. The number of H-pyrrole nitrogens is 1. The Morgan fingerprint density at radius 2 is 2.00 bits per heavy atom. The molecule has 0 aliphatic rings. The van der Waals surface area contributed by atoms with E-state index in [-0.39, 0.29) is 0 Å². The normalized spacial score (nSPS) is 10.7. The molecule has 2 N–H and O–H groups in total. The van der Waals surface area contributed by atoms with E-state index in [0.29, 0.717) is 5.95 Å². The van der Waals surface area contributed by atoms with Gasteiger partial charge in [-0.2, -0.15) is 5.10 Å². The van der Waals surface area contributed by atoms with Crippen molar-refractivity contribution in [3.63, 3.8) is 0 Å². The fraction of sp³-hybridized carbons (Fsp3) is 0.111. The quantitative estimate of drug-likeness (QED) is 0.555. The zero-order chi connectivity index (χ0) is 17.9. The lowest BCUT2D eigenvalue weighted by Gasteiger charge is -2.07. The highest BCUT2D eigenvalue weighted by Crippen LogP contribution is 2.36. The second-order valence-electron chi connectivity index (χ2n) is 5.54. The summed E-state index contributed by atoms with van der Waals surface area (Å²) >= 11 is 1.49. The van der Waals surface area contributed by atoms with Crippen LogP contribution in [0.5, 0.6) is 5.75 Å². The topological polar surface area (TPSA) is 88.6 Å². The van der Waals surface area contributed by atoms with Crippen LogP contribution in [0.25, 0.3) is 22.5 Å². The number of thiazole rings is 1. The first-order valence-electron chi connectivity index (χ1n) is 7.94. The van der Waals surface area contributed by atoms with Crippen molar-refractivity contribution in [1.82, 2.24) is 25.1 Å². The summed E-state index contributed by atoms with van der Waals surface area (Å²) in [6.07, 6.45) is 3.48. The highest BCUT2D eigenvalue weighted by atomic mass is 32.1. The van der Waals surface area contributed by atoms with Crippen molar-refractivity contribution >= 4 is 22.4 Å². The summed E-state index contributed by atoms with van der Waals surface area (Å²) in [5.74, 6) is 1.31. The third-order valence-corrected chi connectivity index (χ3v) is 4.57. The third kappa shape index (κ3) is 3.14. The van der Waals surface area contributed by atoms with E-state index in [1.165, 1.54) is 11.3 Å². The van der Waals surface area contributed by atoms with Gasteiger partial charge in [0.25, 0.3) is 0 Å². The summed E-state index contributed by atoms with van der Waals surface area (Å²) in [5.41, 5.74) is 4.43. The smallest absolute Gasteiger partial charge is 0.229 e. The maximum absolute atomic E-state index is 5.46. The third-order valence-electron chi connectivity index (χ3n) is 3.81. The molecule has 0 unspecified atom stereocenters. The van der Waals surface area contributed by atoms with Crippen molar-refractivity contribution < 1.29 is 4.74 Å². The number of rotatable bonds is 5. The molecule has 0 fully saturated rings. The zero-order valence-corrected chi connectivity index (χ0v) is 15.0. The number of nitrogens with one attached hydrogen (secondary N) is 2. The number of hydrogen-bond acceptors (Lipinski definition) is 7. The fourth-order valence-corrected chi connectivity index (χ4v) is 3.30. The van der Waals surface area contributed by atoms with Gasteiger partial charge < -0.3 is 10.1 Å². The molecule has 0 bridgehead atoms. The van der Waals surface area contributed by atoms with Crippen LogP contribution < -0.4 is 10.1 Å². The maximum atomic E-state index is 5.46. The van der Waals surface area contributed by atoms with Gasteiger partial charge >= 0.3 is 0 Å². The number of aromatic nitrogens is 5. The zero-order valence-electron chi connectivity index (χ0n) is 14.2. The minimum atomic E-state index is 0.531. The monoisotopic (exact) mass is 364 g/mol.